The molecule has 3 aromatic carbocycles. The van der Waals surface area contributed by atoms with Crippen LogP contribution in [0.2, 0.25) is 19.6 Å². The molecule has 0 bridgehead atoms. The highest BCUT2D eigenvalue weighted by atomic mass is 28.3. The van der Waals surface area contributed by atoms with Crippen molar-refractivity contribution in [2.75, 3.05) is 0 Å². The van der Waals surface area contributed by atoms with Crippen LogP contribution in [0.3, 0.4) is 0 Å². The minimum Gasteiger partial charge on any atom is -0.488 e. The third-order valence-corrected chi connectivity index (χ3v) is 5.54. The second-order valence-electron chi connectivity index (χ2n) is 8.54. The Morgan fingerprint density at radius 1 is 0.844 bits per heavy atom. The molecule has 4 nitrogen and oxygen atoms in total. The molecule has 0 aliphatic rings. The van der Waals surface area contributed by atoms with Gasteiger partial charge in [0.05, 0.1) is 0 Å². The minimum atomic E-state index is -1.54. The van der Waals surface area contributed by atoms with Crippen LogP contribution in [0.15, 0.2) is 72.8 Å². The first-order chi connectivity index (χ1) is 15.3. The molecule has 0 radical (unpaired) electrons. The Labute approximate surface area is 190 Å². The van der Waals surface area contributed by atoms with Gasteiger partial charge in [0, 0.05) is 18.1 Å². The van der Waals surface area contributed by atoms with Crippen LogP contribution in [0.25, 0.3) is 0 Å². The Morgan fingerprint density at radius 3 is 1.88 bits per heavy atom. The van der Waals surface area contributed by atoms with Crippen molar-refractivity contribution in [2.45, 2.75) is 39.3 Å². The predicted molar refractivity (Wildman–Crippen MR) is 130 cm³/mol. The Morgan fingerprint density at radius 2 is 1.38 bits per heavy atom. The molecule has 0 heterocycles. The van der Waals surface area contributed by atoms with Crippen molar-refractivity contribution in [3.05, 3.63) is 95.1 Å². The average Bonchev–Trinajstić information content (AvgIpc) is 2.77. The van der Waals surface area contributed by atoms with Crippen molar-refractivity contribution in [2.24, 2.45) is 0 Å². The molecular weight excluding hydrogens is 416 g/mol. The van der Waals surface area contributed by atoms with Gasteiger partial charge in [-0.3, -0.25) is 0 Å². The molecule has 0 saturated carbocycles. The van der Waals surface area contributed by atoms with Crippen LogP contribution in [-0.4, -0.2) is 19.1 Å². The van der Waals surface area contributed by atoms with Crippen LogP contribution in [0.5, 0.6) is 11.5 Å². The largest absolute Gasteiger partial charge is 0.488 e. The standard InChI is InChI=1S/C27H28O4Si/c1-32(2,3)16-10-15-23-17-24(27(28)29)26(31-20-22-13-8-5-9-14-22)18-25(23)30-19-21-11-6-4-7-12-21/h4-9,11-14,17-18H,15,19-20H2,1-3H3,(H,28,29). The number of hydrogen-bond donors (Lipinski definition) is 1. The van der Waals surface area contributed by atoms with Crippen molar-refractivity contribution in [3.8, 4) is 23.0 Å². The zero-order chi connectivity index (χ0) is 23.0. The first-order valence-electron chi connectivity index (χ1n) is 10.6. The van der Waals surface area contributed by atoms with Crippen molar-refractivity contribution < 1.29 is 19.4 Å². The summed E-state index contributed by atoms with van der Waals surface area (Å²) in [5.41, 5.74) is 6.18. The Kier molecular flexibility index (Phi) is 7.75. The molecule has 3 rings (SSSR count). The van der Waals surface area contributed by atoms with Gasteiger partial charge in [0.2, 0.25) is 0 Å². The van der Waals surface area contributed by atoms with E-state index in [9.17, 15) is 9.90 Å². The number of carboxylic acid groups (broad SMARTS) is 1. The first-order valence-corrected chi connectivity index (χ1v) is 14.1. The summed E-state index contributed by atoms with van der Waals surface area (Å²) in [6.45, 7) is 7.18. The topological polar surface area (TPSA) is 55.8 Å². The Bertz CT molecular complexity index is 1110. The molecule has 0 amide bonds. The third-order valence-electron chi connectivity index (χ3n) is 4.61. The molecule has 0 saturated heterocycles. The maximum absolute atomic E-state index is 12.0. The molecule has 32 heavy (non-hydrogen) atoms. The summed E-state index contributed by atoms with van der Waals surface area (Å²) < 4.78 is 12.0. The molecule has 5 heteroatoms. The molecule has 0 aliphatic heterocycles. The number of aromatic carboxylic acids is 1. The monoisotopic (exact) mass is 444 g/mol. The van der Waals surface area contributed by atoms with E-state index in [0.717, 1.165) is 16.7 Å². The van der Waals surface area contributed by atoms with Gasteiger partial charge in [-0.15, -0.1) is 11.5 Å². The van der Waals surface area contributed by atoms with Gasteiger partial charge in [0.15, 0.2) is 0 Å². The SMILES string of the molecule is C[Si](C)(C)C#CCc1cc(C(=O)O)c(OCc2ccccc2)cc1OCc1ccccc1. The number of ether oxygens (including phenoxy) is 2. The van der Waals surface area contributed by atoms with E-state index in [-0.39, 0.29) is 17.9 Å². The fourth-order valence-corrected chi connectivity index (χ4v) is 3.66. The fraction of sp³-hybridized carbons (Fsp3) is 0.222. The summed E-state index contributed by atoms with van der Waals surface area (Å²) >= 11 is 0. The lowest BCUT2D eigenvalue weighted by Gasteiger charge is -2.16. The quantitative estimate of drug-likeness (QED) is 0.344. The van der Waals surface area contributed by atoms with Crippen LogP contribution >= 0.6 is 0 Å². The number of carbonyl (C=O) groups is 1. The highest BCUT2D eigenvalue weighted by Gasteiger charge is 2.18. The van der Waals surface area contributed by atoms with E-state index in [4.69, 9.17) is 9.47 Å². The van der Waals surface area contributed by atoms with E-state index < -0.39 is 14.0 Å². The molecule has 0 aliphatic carbocycles. The van der Waals surface area contributed by atoms with Gasteiger partial charge in [0.1, 0.15) is 38.4 Å². The third kappa shape index (κ3) is 7.04. The van der Waals surface area contributed by atoms with E-state index in [1.165, 1.54) is 0 Å². The summed E-state index contributed by atoms with van der Waals surface area (Å²) in [4.78, 5) is 12.0. The lowest BCUT2D eigenvalue weighted by molar-refractivity contribution is 0.0691. The smallest absolute Gasteiger partial charge is 0.339 e. The van der Waals surface area contributed by atoms with Gasteiger partial charge in [-0.05, 0) is 17.2 Å². The molecule has 0 spiro atoms. The van der Waals surface area contributed by atoms with Gasteiger partial charge < -0.3 is 14.6 Å². The van der Waals surface area contributed by atoms with Crippen molar-refractivity contribution in [1.29, 1.82) is 0 Å². The summed E-state index contributed by atoms with van der Waals surface area (Å²) in [6, 6.07) is 22.8. The molecule has 164 valence electrons. The van der Waals surface area contributed by atoms with Crippen molar-refractivity contribution >= 4 is 14.0 Å². The maximum Gasteiger partial charge on any atom is 0.339 e. The van der Waals surface area contributed by atoms with Crippen LogP contribution in [0.1, 0.15) is 27.0 Å². The predicted octanol–water partition coefficient (Wildman–Crippen LogP) is 5.97. The normalized spacial score (nSPS) is 10.7. The fourth-order valence-electron chi connectivity index (χ4n) is 3.04. The van der Waals surface area contributed by atoms with E-state index in [2.05, 4.69) is 31.1 Å². The molecule has 0 unspecified atom stereocenters. The summed E-state index contributed by atoms with van der Waals surface area (Å²) in [5, 5.41) is 9.79. The first kappa shape index (κ1) is 23.2. The van der Waals surface area contributed by atoms with Crippen LogP contribution in [0.4, 0.5) is 0 Å². The zero-order valence-corrected chi connectivity index (χ0v) is 19.7. The van der Waals surface area contributed by atoms with Gasteiger partial charge in [-0.2, -0.15) is 0 Å². The van der Waals surface area contributed by atoms with E-state index in [0.29, 0.717) is 18.8 Å². The zero-order valence-electron chi connectivity index (χ0n) is 18.7. The maximum atomic E-state index is 12.0. The van der Waals surface area contributed by atoms with E-state index >= 15 is 0 Å². The molecule has 0 atom stereocenters. The highest BCUT2D eigenvalue weighted by molar-refractivity contribution is 6.83. The molecule has 0 fully saturated rings. The van der Waals surface area contributed by atoms with Crippen molar-refractivity contribution in [3.63, 3.8) is 0 Å². The Hall–Kier alpha value is -3.49. The van der Waals surface area contributed by atoms with Gasteiger partial charge >= 0.3 is 5.97 Å². The second kappa shape index (κ2) is 10.7. The number of rotatable bonds is 8. The van der Waals surface area contributed by atoms with Gasteiger partial charge in [-0.1, -0.05) is 80.3 Å². The van der Waals surface area contributed by atoms with E-state index in [1.807, 2.05) is 60.7 Å². The van der Waals surface area contributed by atoms with Crippen LogP contribution < -0.4 is 9.47 Å². The lowest BCUT2D eigenvalue weighted by Crippen LogP contribution is -2.16. The molecule has 3 aromatic rings. The summed E-state index contributed by atoms with van der Waals surface area (Å²) in [5.74, 6) is 3.06. The summed E-state index contributed by atoms with van der Waals surface area (Å²) in [7, 11) is -1.54. The summed E-state index contributed by atoms with van der Waals surface area (Å²) in [6.07, 6.45) is 0.424. The Balaban J connectivity index is 1.92. The molecule has 1 N–H and O–H groups in total. The van der Waals surface area contributed by atoms with Gasteiger partial charge in [0.25, 0.3) is 0 Å². The van der Waals surface area contributed by atoms with Crippen molar-refractivity contribution in [1.82, 2.24) is 0 Å². The van der Waals surface area contributed by atoms with Crippen LogP contribution in [-0.2, 0) is 19.6 Å². The van der Waals surface area contributed by atoms with Crippen LogP contribution in [0, 0.1) is 11.5 Å². The van der Waals surface area contributed by atoms with E-state index in [1.54, 1.807) is 12.1 Å². The average molecular weight is 445 g/mol. The molecule has 0 aromatic heterocycles. The highest BCUT2D eigenvalue weighted by Crippen LogP contribution is 2.31. The minimum absolute atomic E-state index is 0.109. The van der Waals surface area contributed by atoms with Gasteiger partial charge in [-0.25, -0.2) is 4.79 Å². The number of carboxylic acids is 1. The second-order valence-corrected chi connectivity index (χ2v) is 13.3. The number of benzene rings is 3. The molecular formula is C27H28O4Si. The lowest BCUT2D eigenvalue weighted by atomic mass is 10.1. The number of hydrogen-bond acceptors (Lipinski definition) is 3.